The monoisotopic (exact) mass is 295 g/mol. The van der Waals surface area contributed by atoms with Crippen LogP contribution in [0, 0.1) is 0 Å². The van der Waals surface area contributed by atoms with Gasteiger partial charge in [0.25, 0.3) is 0 Å². The molecule has 1 heterocycles. The first-order valence-electron chi connectivity index (χ1n) is 6.82. The topological polar surface area (TPSA) is 59.4 Å². The summed E-state index contributed by atoms with van der Waals surface area (Å²) in [6, 6.07) is 20.9. The molecule has 0 spiro atoms. The number of aliphatic carboxylic acids is 1. The lowest BCUT2D eigenvalue weighted by atomic mass is 10.1. The number of methoxy groups -OCH3 is 1. The zero-order valence-corrected chi connectivity index (χ0v) is 12.2. The van der Waals surface area contributed by atoms with Gasteiger partial charge in [-0.1, -0.05) is 54.6 Å². The summed E-state index contributed by atoms with van der Waals surface area (Å²) in [4.78, 5) is 14.8. The van der Waals surface area contributed by atoms with Crippen molar-refractivity contribution in [1.82, 2.24) is 4.98 Å². The van der Waals surface area contributed by atoms with Crippen LogP contribution in [0.3, 0.4) is 0 Å². The summed E-state index contributed by atoms with van der Waals surface area (Å²) in [6.45, 7) is 0. The molecule has 0 fully saturated rings. The second-order valence-corrected chi connectivity index (χ2v) is 4.56. The van der Waals surface area contributed by atoms with Crippen LogP contribution in [0.15, 0.2) is 72.9 Å². The number of ether oxygens (including phenoxy) is 1. The van der Waals surface area contributed by atoms with E-state index in [0.717, 1.165) is 5.52 Å². The van der Waals surface area contributed by atoms with Gasteiger partial charge in [-0.05, 0) is 17.7 Å². The first kappa shape index (κ1) is 15.7. The van der Waals surface area contributed by atoms with E-state index in [-0.39, 0.29) is 0 Å². The number of aromatic nitrogens is 1. The standard InChI is InChI=1S/C9H7N.C9H10O3/c1-2-6-9-8(4-1)5-3-7-10-9;1-12-8(9(10)11)7-5-3-2-4-6-7/h1-7H;2-6,8H,1H3,(H,10,11). The molecule has 0 aliphatic rings. The lowest BCUT2D eigenvalue weighted by Gasteiger charge is -2.09. The predicted octanol–water partition coefficient (Wildman–Crippen LogP) is 3.69. The van der Waals surface area contributed by atoms with Gasteiger partial charge in [0.1, 0.15) is 0 Å². The average molecular weight is 295 g/mol. The summed E-state index contributed by atoms with van der Waals surface area (Å²) in [6.07, 6.45) is 0.952. The molecule has 1 N–H and O–H groups in total. The van der Waals surface area contributed by atoms with Crippen molar-refractivity contribution in [3.63, 3.8) is 0 Å². The van der Waals surface area contributed by atoms with Crippen LogP contribution in [0.2, 0.25) is 0 Å². The summed E-state index contributed by atoms with van der Waals surface area (Å²) >= 11 is 0. The summed E-state index contributed by atoms with van der Waals surface area (Å²) in [5, 5.41) is 9.90. The maximum Gasteiger partial charge on any atom is 0.337 e. The van der Waals surface area contributed by atoms with Crippen LogP contribution in [-0.4, -0.2) is 23.2 Å². The van der Waals surface area contributed by atoms with Crippen LogP contribution in [-0.2, 0) is 9.53 Å². The molecular formula is C18H17NO3. The van der Waals surface area contributed by atoms with Gasteiger partial charge in [0, 0.05) is 18.7 Å². The van der Waals surface area contributed by atoms with Crippen molar-refractivity contribution in [2.24, 2.45) is 0 Å². The molecule has 1 unspecified atom stereocenters. The van der Waals surface area contributed by atoms with Crippen molar-refractivity contribution >= 4 is 16.9 Å². The number of para-hydroxylation sites is 1. The number of nitrogens with zero attached hydrogens (tertiary/aromatic N) is 1. The van der Waals surface area contributed by atoms with Crippen LogP contribution in [0.5, 0.6) is 0 Å². The molecule has 0 saturated carbocycles. The molecule has 0 amide bonds. The maximum absolute atomic E-state index is 10.6. The Morgan fingerprint density at radius 2 is 1.64 bits per heavy atom. The van der Waals surface area contributed by atoms with E-state index in [0.29, 0.717) is 5.56 Å². The van der Waals surface area contributed by atoms with Gasteiger partial charge in [-0.3, -0.25) is 4.98 Å². The quantitative estimate of drug-likeness (QED) is 0.800. The van der Waals surface area contributed by atoms with Crippen LogP contribution in [0.25, 0.3) is 10.9 Å². The van der Waals surface area contributed by atoms with Gasteiger partial charge in [0.05, 0.1) is 5.52 Å². The van der Waals surface area contributed by atoms with Crippen molar-refractivity contribution in [3.8, 4) is 0 Å². The lowest BCUT2D eigenvalue weighted by Crippen LogP contribution is -2.12. The van der Waals surface area contributed by atoms with Crippen molar-refractivity contribution in [1.29, 1.82) is 0 Å². The Hall–Kier alpha value is -2.72. The van der Waals surface area contributed by atoms with Crippen molar-refractivity contribution in [3.05, 3.63) is 78.5 Å². The van der Waals surface area contributed by atoms with E-state index in [1.807, 2.05) is 36.5 Å². The van der Waals surface area contributed by atoms with Gasteiger partial charge in [0.2, 0.25) is 0 Å². The molecule has 112 valence electrons. The third-order valence-electron chi connectivity index (χ3n) is 3.07. The largest absolute Gasteiger partial charge is 0.479 e. The lowest BCUT2D eigenvalue weighted by molar-refractivity contribution is -0.148. The molecule has 0 bridgehead atoms. The normalized spacial score (nSPS) is 11.3. The van der Waals surface area contributed by atoms with Crippen LogP contribution < -0.4 is 0 Å². The van der Waals surface area contributed by atoms with E-state index < -0.39 is 12.1 Å². The van der Waals surface area contributed by atoms with E-state index in [1.165, 1.54) is 12.5 Å². The van der Waals surface area contributed by atoms with Crippen molar-refractivity contribution in [2.75, 3.05) is 7.11 Å². The molecule has 1 atom stereocenters. The van der Waals surface area contributed by atoms with Gasteiger partial charge in [-0.25, -0.2) is 4.79 Å². The number of hydrogen-bond donors (Lipinski definition) is 1. The second kappa shape index (κ2) is 7.90. The number of carboxylic acid groups (broad SMARTS) is 1. The number of carboxylic acids is 1. The third-order valence-corrected chi connectivity index (χ3v) is 3.07. The Morgan fingerprint density at radius 1 is 1.00 bits per heavy atom. The summed E-state index contributed by atoms with van der Waals surface area (Å²) in [5.41, 5.74) is 1.72. The molecular weight excluding hydrogens is 278 g/mol. The minimum absolute atomic E-state index is 0.660. The van der Waals surface area contributed by atoms with Crippen LogP contribution >= 0.6 is 0 Å². The Kier molecular flexibility index (Phi) is 5.63. The van der Waals surface area contributed by atoms with Gasteiger partial charge in [-0.15, -0.1) is 0 Å². The second-order valence-electron chi connectivity index (χ2n) is 4.56. The summed E-state index contributed by atoms with van der Waals surface area (Å²) in [5.74, 6) is -0.969. The fourth-order valence-corrected chi connectivity index (χ4v) is 2.02. The third kappa shape index (κ3) is 4.14. The number of rotatable bonds is 3. The Labute approximate surface area is 129 Å². The molecule has 0 aliphatic carbocycles. The minimum Gasteiger partial charge on any atom is -0.479 e. The first-order chi connectivity index (χ1) is 10.7. The SMILES string of the molecule is COC(C(=O)O)c1ccccc1.c1ccc2ncccc2c1. The molecule has 4 nitrogen and oxygen atoms in total. The Bertz CT molecular complexity index is 663. The van der Waals surface area contributed by atoms with Gasteiger partial charge >= 0.3 is 5.97 Å². The van der Waals surface area contributed by atoms with Crippen LogP contribution in [0.1, 0.15) is 11.7 Å². The van der Waals surface area contributed by atoms with Gasteiger partial charge in [-0.2, -0.15) is 0 Å². The van der Waals surface area contributed by atoms with Crippen molar-refractivity contribution in [2.45, 2.75) is 6.10 Å². The molecule has 0 radical (unpaired) electrons. The number of pyridine rings is 1. The average Bonchev–Trinajstić information content (AvgIpc) is 2.57. The maximum atomic E-state index is 10.6. The molecule has 1 aromatic heterocycles. The fourth-order valence-electron chi connectivity index (χ4n) is 2.02. The molecule has 0 aliphatic heterocycles. The highest BCUT2D eigenvalue weighted by atomic mass is 16.5. The predicted molar refractivity (Wildman–Crippen MR) is 85.6 cm³/mol. The zero-order chi connectivity index (χ0) is 15.8. The zero-order valence-electron chi connectivity index (χ0n) is 12.2. The molecule has 3 aromatic rings. The number of carbonyl (C=O) groups is 1. The van der Waals surface area contributed by atoms with Gasteiger partial charge < -0.3 is 9.84 Å². The van der Waals surface area contributed by atoms with E-state index in [1.54, 1.807) is 24.3 Å². The molecule has 3 rings (SSSR count). The molecule has 2 aromatic carbocycles. The molecule has 4 heteroatoms. The summed E-state index contributed by atoms with van der Waals surface area (Å²) < 4.78 is 4.80. The number of benzene rings is 2. The Morgan fingerprint density at radius 3 is 2.27 bits per heavy atom. The highest BCUT2D eigenvalue weighted by Crippen LogP contribution is 2.15. The smallest absolute Gasteiger partial charge is 0.337 e. The molecule has 0 saturated heterocycles. The fraction of sp³-hybridized carbons (Fsp3) is 0.111. The highest BCUT2D eigenvalue weighted by Gasteiger charge is 2.17. The number of fused-ring (bicyclic) bond motifs is 1. The summed E-state index contributed by atoms with van der Waals surface area (Å²) in [7, 11) is 1.38. The minimum atomic E-state index is -0.969. The van der Waals surface area contributed by atoms with E-state index >= 15 is 0 Å². The van der Waals surface area contributed by atoms with Crippen LogP contribution in [0.4, 0.5) is 0 Å². The van der Waals surface area contributed by atoms with E-state index in [9.17, 15) is 4.79 Å². The van der Waals surface area contributed by atoms with Gasteiger partial charge in [0.15, 0.2) is 6.10 Å². The Balaban J connectivity index is 0.000000162. The first-order valence-corrected chi connectivity index (χ1v) is 6.82. The van der Waals surface area contributed by atoms with E-state index in [4.69, 9.17) is 9.84 Å². The van der Waals surface area contributed by atoms with E-state index in [2.05, 4.69) is 17.1 Å². The van der Waals surface area contributed by atoms with Crippen molar-refractivity contribution < 1.29 is 14.6 Å². The highest BCUT2D eigenvalue weighted by molar-refractivity contribution is 5.77. The number of hydrogen-bond acceptors (Lipinski definition) is 3. The molecule has 22 heavy (non-hydrogen) atoms.